The van der Waals surface area contributed by atoms with Crippen LogP contribution in [0.25, 0.3) is 0 Å². The highest BCUT2D eigenvalue weighted by molar-refractivity contribution is 8.00. The Kier molecular flexibility index (Phi) is 4.83. The van der Waals surface area contributed by atoms with Gasteiger partial charge >= 0.3 is 0 Å². The zero-order chi connectivity index (χ0) is 14.0. The fourth-order valence-corrected chi connectivity index (χ4v) is 4.49. The van der Waals surface area contributed by atoms with Crippen molar-refractivity contribution in [1.29, 1.82) is 0 Å². The summed E-state index contributed by atoms with van der Waals surface area (Å²) >= 11 is 2.04. The summed E-state index contributed by atoms with van der Waals surface area (Å²) in [7, 11) is 0. The van der Waals surface area contributed by atoms with E-state index in [-0.39, 0.29) is 17.0 Å². The lowest BCUT2D eigenvalue weighted by Crippen LogP contribution is -2.44. The molecule has 0 aromatic carbocycles. The molecule has 0 spiro atoms. The third-order valence-electron chi connectivity index (χ3n) is 4.70. The van der Waals surface area contributed by atoms with Gasteiger partial charge in [0.15, 0.2) is 0 Å². The van der Waals surface area contributed by atoms with Gasteiger partial charge in [-0.1, -0.05) is 27.2 Å². The number of nitrogens with zero attached hydrogens (tertiary/aromatic N) is 1. The SMILES string of the molecule is CCC(C)C1NC(CC)N(CC2(C)CCCS2)C1=O. The third kappa shape index (κ3) is 3.10. The molecule has 19 heavy (non-hydrogen) atoms. The first kappa shape index (κ1) is 15.2. The molecule has 1 amide bonds. The van der Waals surface area contributed by atoms with Crippen LogP contribution in [0.5, 0.6) is 0 Å². The maximum absolute atomic E-state index is 12.7. The van der Waals surface area contributed by atoms with Crippen molar-refractivity contribution in [3.63, 3.8) is 0 Å². The minimum absolute atomic E-state index is 0.0324. The van der Waals surface area contributed by atoms with Crippen molar-refractivity contribution in [2.45, 2.75) is 70.3 Å². The fraction of sp³-hybridized carbons (Fsp3) is 0.933. The minimum Gasteiger partial charge on any atom is -0.324 e. The Morgan fingerprint density at radius 2 is 2.26 bits per heavy atom. The van der Waals surface area contributed by atoms with Crippen molar-refractivity contribution >= 4 is 17.7 Å². The van der Waals surface area contributed by atoms with Crippen LogP contribution in [0, 0.1) is 5.92 Å². The van der Waals surface area contributed by atoms with E-state index in [0.717, 1.165) is 19.4 Å². The Morgan fingerprint density at radius 3 is 2.79 bits per heavy atom. The average Bonchev–Trinajstić information content (AvgIpc) is 2.95. The Bertz CT molecular complexity index is 328. The number of thioether (sulfide) groups is 1. The Morgan fingerprint density at radius 1 is 1.53 bits per heavy atom. The molecular formula is C15H28N2OS. The van der Waals surface area contributed by atoms with Gasteiger partial charge in [-0.05, 0) is 37.9 Å². The number of carbonyl (C=O) groups excluding carboxylic acids is 1. The van der Waals surface area contributed by atoms with Crippen molar-refractivity contribution in [1.82, 2.24) is 10.2 Å². The van der Waals surface area contributed by atoms with E-state index in [9.17, 15) is 4.79 Å². The van der Waals surface area contributed by atoms with Crippen molar-refractivity contribution < 1.29 is 4.79 Å². The highest BCUT2D eigenvalue weighted by atomic mass is 32.2. The standard InChI is InChI=1S/C15H28N2OS/c1-5-11(3)13-14(18)17(12(6-2)16-13)10-15(4)8-7-9-19-15/h11-13,16H,5-10H2,1-4H3. The summed E-state index contributed by atoms with van der Waals surface area (Å²) in [6, 6.07) is 0.0324. The molecule has 0 saturated carbocycles. The monoisotopic (exact) mass is 284 g/mol. The quantitative estimate of drug-likeness (QED) is 0.842. The molecule has 0 bridgehead atoms. The molecule has 2 saturated heterocycles. The summed E-state index contributed by atoms with van der Waals surface area (Å²) in [5, 5.41) is 3.55. The number of hydrogen-bond acceptors (Lipinski definition) is 3. The van der Waals surface area contributed by atoms with Crippen LogP contribution in [0.4, 0.5) is 0 Å². The predicted octanol–water partition coefficient (Wildman–Crippen LogP) is 2.85. The third-order valence-corrected chi connectivity index (χ3v) is 6.23. The van der Waals surface area contributed by atoms with Crippen LogP contribution in [-0.2, 0) is 4.79 Å². The molecule has 0 radical (unpaired) electrons. The highest BCUT2D eigenvalue weighted by Crippen LogP contribution is 2.39. The zero-order valence-electron chi connectivity index (χ0n) is 12.7. The van der Waals surface area contributed by atoms with Crippen LogP contribution < -0.4 is 5.32 Å². The van der Waals surface area contributed by atoms with E-state index in [1.807, 2.05) is 11.8 Å². The van der Waals surface area contributed by atoms with E-state index in [2.05, 4.69) is 37.9 Å². The van der Waals surface area contributed by atoms with Crippen molar-refractivity contribution in [2.24, 2.45) is 5.92 Å². The zero-order valence-corrected chi connectivity index (χ0v) is 13.6. The van der Waals surface area contributed by atoms with E-state index in [1.165, 1.54) is 18.6 Å². The van der Waals surface area contributed by atoms with Crippen LogP contribution in [0.1, 0.15) is 53.4 Å². The first-order chi connectivity index (χ1) is 9.00. The van der Waals surface area contributed by atoms with E-state index >= 15 is 0 Å². The molecule has 0 aromatic heterocycles. The minimum atomic E-state index is 0.0324. The van der Waals surface area contributed by atoms with Gasteiger partial charge in [0.2, 0.25) is 5.91 Å². The van der Waals surface area contributed by atoms with Crippen molar-refractivity contribution in [3.05, 3.63) is 0 Å². The number of nitrogens with one attached hydrogen (secondary N) is 1. The Balaban J connectivity index is 2.07. The second-order valence-corrected chi connectivity index (χ2v) is 8.00. The van der Waals surface area contributed by atoms with E-state index in [0.29, 0.717) is 11.8 Å². The average molecular weight is 284 g/mol. The lowest BCUT2D eigenvalue weighted by Gasteiger charge is -2.32. The van der Waals surface area contributed by atoms with Crippen molar-refractivity contribution in [2.75, 3.05) is 12.3 Å². The van der Waals surface area contributed by atoms with E-state index in [4.69, 9.17) is 0 Å². The smallest absolute Gasteiger partial charge is 0.241 e. The van der Waals surface area contributed by atoms with Gasteiger partial charge in [0.05, 0.1) is 12.2 Å². The largest absolute Gasteiger partial charge is 0.324 e. The summed E-state index contributed by atoms with van der Waals surface area (Å²) < 4.78 is 0.273. The molecule has 0 aliphatic carbocycles. The van der Waals surface area contributed by atoms with Crippen LogP contribution in [0.15, 0.2) is 0 Å². The van der Waals surface area contributed by atoms with E-state index < -0.39 is 0 Å². The molecule has 1 N–H and O–H groups in total. The predicted molar refractivity (Wildman–Crippen MR) is 82.3 cm³/mol. The molecule has 4 unspecified atom stereocenters. The maximum atomic E-state index is 12.7. The van der Waals surface area contributed by atoms with Gasteiger partial charge in [-0.15, -0.1) is 0 Å². The molecule has 0 aromatic rings. The molecule has 2 rings (SSSR count). The first-order valence-corrected chi connectivity index (χ1v) is 8.70. The summed E-state index contributed by atoms with van der Waals surface area (Å²) in [5.41, 5.74) is 0. The number of carbonyl (C=O) groups is 1. The number of amides is 1. The highest BCUT2D eigenvalue weighted by Gasteiger charge is 2.43. The lowest BCUT2D eigenvalue weighted by atomic mass is 9.99. The summed E-state index contributed by atoms with van der Waals surface area (Å²) in [6.45, 7) is 9.74. The molecule has 4 heteroatoms. The van der Waals surface area contributed by atoms with E-state index in [1.54, 1.807) is 0 Å². The first-order valence-electron chi connectivity index (χ1n) is 7.71. The summed E-state index contributed by atoms with van der Waals surface area (Å²) in [6.07, 6.45) is 4.83. The molecule has 2 aliphatic rings. The summed E-state index contributed by atoms with van der Waals surface area (Å²) in [5.74, 6) is 2.00. The number of hydrogen-bond donors (Lipinski definition) is 1. The maximum Gasteiger partial charge on any atom is 0.241 e. The topological polar surface area (TPSA) is 32.3 Å². The van der Waals surface area contributed by atoms with Crippen LogP contribution in [-0.4, -0.2) is 40.1 Å². The second kappa shape index (κ2) is 6.04. The second-order valence-electron chi connectivity index (χ2n) is 6.32. The van der Waals surface area contributed by atoms with Gasteiger partial charge in [-0.2, -0.15) is 11.8 Å². The number of rotatable bonds is 5. The molecule has 2 aliphatic heterocycles. The van der Waals surface area contributed by atoms with Gasteiger partial charge in [0, 0.05) is 11.3 Å². The molecule has 110 valence electrons. The Hall–Kier alpha value is -0.220. The fourth-order valence-electron chi connectivity index (χ4n) is 3.19. The molecule has 2 heterocycles. The van der Waals surface area contributed by atoms with Gasteiger partial charge in [-0.25, -0.2) is 0 Å². The normalized spacial score (nSPS) is 37.1. The van der Waals surface area contributed by atoms with Gasteiger partial charge < -0.3 is 4.90 Å². The summed E-state index contributed by atoms with van der Waals surface area (Å²) in [4.78, 5) is 14.8. The van der Waals surface area contributed by atoms with Crippen LogP contribution in [0.3, 0.4) is 0 Å². The molecular weight excluding hydrogens is 256 g/mol. The van der Waals surface area contributed by atoms with Crippen LogP contribution in [0.2, 0.25) is 0 Å². The van der Waals surface area contributed by atoms with Gasteiger partial charge in [0.1, 0.15) is 0 Å². The van der Waals surface area contributed by atoms with Crippen molar-refractivity contribution in [3.8, 4) is 0 Å². The molecule has 3 nitrogen and oxygen atoms in total. The molecule has 2 fully saturated rings. The lowest BCUT2D eigenvalue weighted by molar-refractivity contribution is -0.131. The van der Waals surface area contributed by atoms with Crippen LogP contribution >= 0.6 is 11.8 Å². The molecule has 4 atom stereocenters. The van der Waals surface area contributed by atoms with Gasteiger partial charge in [-0.3, -0.25) is 10.1 Å². The Labute approximate surface area is 121 Å². The van der Waals surface area contributed by atoms with Gasteiger partial charge in [0.25, 0.3) is 0 Å².